The van der Waals surface area contributed by atoms with Gasteiger partial charge in [-0.05, 0) is 6.42 Å². The van der Waals surface area contributed by atoms with Crippen LogP contribution in [0, 0.1) is 0 Å². The van der Waals surface area contributed by atoms with Crippen molar-refractivity contribution in [1.82, 2.24) is 9.80 Å². The maximum atomic E-state index is 11.1. The van der Waals surface area contributed by atoms with E-state index in [2.05, 4.69) is 0 Å². The summed E-state index contributed by atoms with van der Waals surface area (Å²) < 4.78 is 0. The second-order valence-electron chi connectivity index (χ2n) is 2.68. The third-order valence-corrected chi connectivity index (χ3v) is 1.68. The Labute approximate surface area is 79.5 Å². The average Bonchev–Trinajstić information content (AvgIpc) is 2.36. The predicted molar refractivity (Wildman–Crippen MR) is 51.4 cm³/mol. The molecule has 1 saturated heterocycles. The topological polar surface area (TPSA) is 40.6 Å². The number of hydrogen-bond acceptors (Lipinski definition) is 2. The van der Waals surface area contributed by atoms with Crippen LogP contribution >= 0.6 is 0 Å². The van der Waals surface area contributed by atoms with E-state index in [4.69, 9.17) is 0 Å². The van der Waals surface area contributed by atoms with Crippen molar-refractivity contribution < 1.29 is 9.59 Å². The molecule has 4 heteroatoms. The van der Waals surface area contributed by atoms with Crippen molar-refractivity contribution in [2.24, 2.45) is 0 Å². The van der Waals surface area contributed by atoms with Gasteiger partial charge in [0.1, 0.15) is 6.54 Å². The monoisotopic (exact) mass is 186 g/mol. The summed E-state index contributed by atoms with van der Waals surface area (Å²) in [6.45, 7) is 6.72. The van der Waals surface area contributed by atoms with E-state index < -0.39 is 0 Å². The maximum absolute atomic E-state index is 11.1. The zero-order valence-corrected chi connectivity index (χ0v) is 8.83. The first kappa shape index (κ1) is 11.9. The van der Waals surface area contributed by atoms with Crippen LogP contribution in [0.2, 0.25) is 0 Å². The first-order valence-corrected chi connectivity index (χ1v) is 4.72. The van der Waals surface area contributed by atoms with E-state index in [1.54, 1.807) is 7.05 Å². The number of carbonyl (C=O) groups is 2. The van der Waals surface area contributed by atoms with Crippen LogP contribution in [-0.2, 0) is 4.79 Å². The van der Waals surface area contributed by atoms with Crippen LogP contribution in [0.25, 0.3) is 0 Å². The van der Waals surface area contributed by atoms with E-state index in [9.17, 15) is 9.59 Å². The van der Waals surface area contributed by atoms with Crippen molar-refractivity contribution in [3.05, 3.63) is 0 Å². The predicted octanol–water partition coefficient (Wildman–Crippen LogP) is 1.32. The summed E-state index contributed by atoms with van der Waals surface area (Å²) in [6, 6.07) is -0.170. The Morgan fingerprint density at radius 3 is 2.15 bits per heavy atom. The minimum atomic E-state index is -0.170. The highest BCUT2D eigenvalue weighted by Crippen LogP contribution is 2.07. The molecule has 1 aliphatic rings. The SMILES string of the molecule is CC.CCCN1C(=O)CN(C)C1=O. The van der Waals surface area contributed by atoms with E-state index in [-0.39, 0.29) is 18.5 Å². The normalized spacial score (nSPS) is 16.0. The van der Waals surface area contributed by atoms with E-state index in [0.717, 1.165) is 6.42 Å². The Morgan fingerprint density at radius 1 is 1.31 bits per heavy atom. The highest BCUT2D eigenvalue weighted by Gasteiger charge is 2.32. The van der Waals surface area contributed by atoms with Crippen molar-refractivity contribution >= 4 is 11.9 Å². The van der Waals surface area contributed by atoms with Gasteiger partial charge in [0.15, 0.2) is 0 Å². The molecule has 1 fully saturated rings. The van der Waals surface area contributed by atoms with Crippen LogP contribution in [0.4, 0.5) is 4.79 Å². The number of rotatable bonds is 2. The molecule has 0 N–H and O–H groups in total. The fourth-order valence-corrected chi connectivity index (χ4v) is 1.11. The molecule has 0 bridgehead atoms. The van der Waals surface area contributed by atoms with Gasteiger partial charge in [-0.15, -0.1) is 0 Å². The highest BCUT2D eigenvalue weighted by molar-refractivity contribution is 6.01. The zero-order valence-electron chi connectivity index (χ0n) is 8.83. The highest BCUT2D eigenvalue weighted by atomic mass is 16.2. The van der Waals surface area contributed by atoms with Crippen molar-refractivity contribution in [1.29, 1.82) is 0 Å². The van der Waals surface area contributed by atoms with Crippen LogP contribution in [0.1, 0.15) is 27.2 Å². The molecule has 0 atom stereocenters. The molecule has 0 unspecified atom stereocenters. The van der Waals surface area contributed by atoms with Gasteiger partial charge in [0.25, 0.3) is 0 Å². The molecule has 1 aliphatic heterocycles. The van der Waals surface area contributed by atoms with Crippen LogP contribution in [-0.4, -0.2) is 41.9 Å². The molecule has 0 spiro atoms. The quantitative estimate of drug-likeness (QED) is 0.610. The largest absolute Gasteiger partial charge is 0.326 e. The van der Waals surface area contributed by atoms with Crippen LogP contribution < -0.4 is 0 Å². The lowest BCUT2D eigenvalue weighted by Crippen LogP contribution is -2.32. The molecule has 0 aromatic rings. The van der Waals surface area contributed by atoms with Gasteiger partial charge >= 0.3 is 6.03 Å². The van der Waals surface area contributed by atoms with Gasteiger partial charge in [0.2, 0.25) is 5.91 Å². The average molecular weight is 186 g/mol. The molecule has 1 heterocycles. The smallest absolute Gasteiger partial charge is 0.318 e. The summed E-state index contributed by atoms with van der Waals surface area (Å²) in [5.41, 5.74) is 0. The van der Waals surface area contributed by atoms with Crippen molar-refractivity contribution in [3.63, 3.8) is 0 Å². The molecule has 4 nitrogen and oxygen atoms in total. The Hall–Kier alpha value is -1.06. The first-order chi connectivity index (χ1) is 6.16. The van der Waals surface area contributed by atoms with E-state index >= 15 is 0 Å². The Balaban J connectivity index is 0.000000671. The third kappa shape index (κ3) is 2.72. The number of amides is 3. The number of likely N-dealkylation sites (N-methyl/N-ethyl adjacent to an activating group) is 1. The lowest BCUT2D eigenvalue weighted by Gasteiger charge is -2.11. The summed E-state index contributed by atoms with van der Waals surface area (Å²) in [6.07, 6.45) is 0.825. The fourth-order valence-electron chi connectivity index (χ4n) is 1.11. The zero-order chi connectivity index (χ0) is 10.4. The molecule has 0 aromatic carbocycles. The van der Waals surface area contributed by atoms with Gasteiger partial charge in [-0.1, -0.05) is 20.8 Å². The van der Waals surface area contributed by atoms with Crippen LogP contribution in [0.3, 0.4) is 0 Å². The Morgan fingerprint density at radius 2 is 1.85 bits per heavy atom. The second kappa shape index (κ2) is 5.56. The van der Waals surface area contributed by atoms with Crippen LogP contribution in [0.15, 0.2) is 0 Å². The Bertz CT molecular complexity index is 192. The summed E-state index contributed by atoms with van der Waals surface area (Å²) in [5, 5.41) is 0. The van der Waals surface area contributed by atoms with Crippen molar-refractivity contribution in [3.8, 4) is 0 Å². The van der Waals surface area contributed by atoms with Gasteiger partial charge in [-0.2, -0.15) is 0 Å². The van der Waals surface area contributed by atoms with E-state index in [1.165, 1.54) is 9.80 Å². The molecule has 0 aromatic heterocycles. The minimum absolute atomic E-state index is 0.0839. The van der Waals surface area contributed by atoms with Crippen molar-refractivity contribution in [2.45, 2.75) is 27.2 Å². The van der Waals surface area contributed by atoms with Gasteiger partial charge < -0.3 is 4.90 Å². The number of carbonyl (C=O) groups excluding carboxylic acids is 2. The molecule has 3 amide bonds. The maximum Gasteiger partial charge on any atom is 0.326 e. The van der Waals surface area contributed by atoms with Gasteiger partial charge in [-0.3, -0.25) is 9.69 Å². The van der Waals surface area contributed by atoms with E-state index in [1.807, 2.05) is 20.8 Å². The summed E-state index contributed by atoms with van der Waals surface area (Å²) in [5.74, 6) is -0.0839. The van der Waals surface area contributed by atoms with Gasteiger partial charge in [-0.25, -0.2) is 4.79 Å². The summed E-state index contributed by atoms with van der Waals surface area (Å²) in [4.78, 5) is 24.9. The van der Waals surface area contributed by atoms with Gasteiger partial charge in [0, 0.05) is 13.6 Å². The second-order valence-corrected chi connectivity index (χ2v) is 2.68. The fraction of sp³-hybridized carbons (Fsp3) is 0.778. The lowest BCUT2D eigenvalue weighted by molar-refractivity contribution is -0.125. The van der Waals surface area contributed by atoms with Gasteiger partial charge in [0.05, 0.1) is 0 Å². The molecule has 0 saturated carbocycles. The minimum Gasteiger partial charge on any atom is -0.318 e. The summed E-state index contributed by atoms with van der Waals surface area (Å²) >= 11 is 0. The lowest BCUT2D eigenvalue weighted by atomic mass is 10.4. The Kier molecular flexibility index (Phi) is 5.11. The first-order valence-electron chi connectivity index (χ1n) is 4.72. The molecule has 13 heavy (non-hydrogen) atoms. The number of urea groups is 1. The molecule has 0 radical (unpaired) electrons. The molecular formula is C9H18N2O2. The number of hydrogen-bond donors (Lipinski definition) is 0. The molecule has 0 aliphatic carbocycles. The van der Waals surface area contributed by atoms with Crippen LogP contribution in [0.5, 0.6) is 0 Å². The molecule has 1 rings (SSSR count). The third-order valence-electron chi connectivity index (χ3n) is 1.68. The summed E-state index contributed by atoms with van der Waals surface area (Å²) in [7, 11) is 1.63. The molecule has 76 valence electrons. The number of imide groups is 1. The standard InChI is InChI=1S/C7H12N2O2.C2H6/c1-3-4-9-6(10)5-8(2)7(9)11;1-2/h3-5H2,1-2H3;1-2H3. The van der Waals surface area contributed by atoms with E-state index in [0.29, 0.717) is 6.54 Å². The molecular weight excluding hydrogens is 168 g/mol. The van der Waals surface area contributed by atoms with Crippen molar-refractivity contribution in [2.75, 3.05) is 20.1 Å². The number of nitrogens with zero attached hydrogens (tertiary/aromatic N) is 2.